The summed E-state index contributed by atoms with van der Waals surface area (Å²) in [6.07, 6.45) is 1.67. The van der Waals surface area contributed by atoms with Crippen molar-refractivity contribution in [2.45, 2.75) is 6.54 Å². The number of pyridine rings is 1. The quantitative estimate of drug-likeness (QED) is 0.221. The molecule has 4 rings (SSSR count). The molecule has 29 heavy (non-hydrogen) atoms. The number of rotatable bonds is 5. The number of esters is 1. The largest absolute Gasteiger partial charge is 0.415 e. The van der Waals surface area contributed by atoms with Gasteiger partial charge in [-0.05, 0) is 23.6 Å². The zero-order valence-corrected chi connectivity index (χ0v) is 15.4. The second kappa shape index (κ2) is 8.02. The number of carbonyl (C=O) groups excluding carboxylic acids is 2. The summed E-state index contributed by atoms with van der Waals surface area (Å²) >= 11 is 0. The van der Waals surface area contributed by atoms with Gasteiger partial charge in [0.15, 0.2) is 17.8 Å². The van der Waals surface area contributed by atoms with E-state index in [1.165, 1.54) is 18.2 Å². The average Bonchev–Trinajstić information content (AvgIpc) is 2.75. The molecule has 4 nitrogen and oxygen atoms in total. The van der Waals surface area contributed by atoms with Gasteiger partial charge in [0.2, 0.25) is 12.3 Å². The van der Waals surface area contributed by atoms with Crippen molar-refractivity contribution in [2.75, 3.05) is 0 Å². The van der Waals surface area contributed by atoms with Gasteiger partial charge in [0.25, 0.3) is 5.69 Å². The number of para-hydroxylation sites is 1. The molecule has 0 atom stereocenters. The van der Waals surface area contributed by atoms with Crippen molar-refractivity contribution in [3.05, 3.63) is 108 Å². The zero-order chi connectivity index (χ0) is 20.2. The van der Waals surface area contributed by atoms with E-state index in [1.54, 1.807) is 53.2 Å². The Hall–Kier alpha value is -3.86. The summed E-state index contributed by atoms with van der Waals surface area (Å²) in [6.45, 7) is -0.0451. The van der Waals surface area contributed by atoms with Crippen molar-refractivity contribution in [3.8, 4) is 5.75 Å². The third kappa shape index (κ3) is 3.89. The van der Waals surface area contributed by atoms with E-state index in [9.17, 15) is 14.0 Å². The van der Waals surface area contributed by atoms with E-state index in [1.807, 2.05) is 24.3 Å². The fraction of sp³-hybridized carbons (Fsp3) is 0.0417. The maximum absolute atomic E-state index is 14.0. The van der Waals surface area contributed by atoms with Crippen LogP contribution in [-0.4, -0.2) is 11.8 Å². The lowest BCUT2D eigenvalue weighted by Crippen LogP contribution is -2.44. The Kier molecular flexibility index (Phi) is 5.12. The maximum Gasteiger partial charge on any atom is 0.409 e. The molecule has 0 saturated carbocycles. The molecule has 0 aliphatic rings. The van der Waals surface area contributed by atoms with Gasteiger partial charge in [-0.1, -0.05) is 60.7 Å². The van der Waals surface area contributed by atoms with Crippen LogP contribution in [0.5, 0.6) is 5.75 Å². The summed E-state index contributed by atoms with van der Waals surface area (Å²) in [5.74, 6) is -1.67. The van der Waals surface area contributed by atoms with Crippen LogP contribution in [0.1, 0.15) is 20.8 Å². The fourth-order valence-corrected chi connectivity index (χ4v) is 3.16. The molecule has 0 bridgehead atoms. The fourth-order valence-electron chi connectivity index (χ4n) is 3.16. The van der Waals surface area contributed by atoms with E-state index in [4.69, 9.17) is 4.74 Å². The predicted octanol–water partition coefficient (Wildman–Crippen LogP) is 4.37. The summed E-state index contributed by atoms with van der Waals surface area (Å²) < 4.78 is 20.8. The lowest BCUT2D eigenvalue weighted by molar-refractivity contribution is -0.684. The molecule has 0 aliphatic heterocycles. The van der Waals surface area contributed by atoms with E-state index in [0.717, 1.165) is 5.39 Å². The molecule has 1 aromatic heterocycles. The minimum atomic E-state index is -0.729. The van der Waals surface area contributed by atoms with Crippen molar-refractivity contribution in [1.82, 2.24) is 0 Å². The van der Waals surface area contributed by atoms with E-state index in [-0.39, 0.29) is 23.8 Å². The van der Waals surface area contributed by atoms with Crippen molar-refractivity contribution in [1.29, 1.82) is 0 Å². The Morgan fingerprint density at radius 2 is 1.52 bits per heavy atom. The third-order valence-electron chi connectivity index (χ3n) is 4.58. The van der Waals surface area contributed by atoms with Gasteiger partial charge in [0, 0.05) is 11.6 Å². The number of Topliss-reactive ketones (excluding diaryl/α,β-unsaturated/α-hetero) is 1. The first-order chi connectivity index (χ1) is 14.1. The Bertz CT molecular complexity index is 1210. The van der Waals surface area contributed by atoms with Crippen LogP contribution in [0.15, 0.2) is 91.1 Å². The number of halogens is 1. The SMILES string of the molecule is O=C(C[n+]1ccc2ccccc2c1C(=O)Oc1ccccc1F)c1ccccc1. The van der Waals surface area contributed by atoms with Crippen molar-refractivity contribution < 1.29 is 23.3 Å². The summed E-state index contributed by atoms with van der Waals surface area (Å²) in [6, 6.07) is 23.7. The number of aromatic nitrogens is 1. The van der Waals surface area contributed by atoms with Gasteiger partial charge in [-0.25, -0.2) is 9.18 Å². The second-order valence-corrected chi connectivity index (χ2v) is 6.49. The molecule has 3 aromatic carbocycles. The molecular formula is C24H17FNO3+. The molecule has 0 aliphatic carbocycles. The van der Waals surface area contributed by atoms with Gasteiger partial charge >= 0.3 is 5.97 Å². The molecule has 0 radical (unpaired) electrons. The first-order valence-electron chi connectivity index (χ1n) is 9.09. The number of ketones is 1. The monoisotopic (exact) mass is 386 g/mol. The molecule has 0 spiro atoms. The standard InChI is InChI=1S/C24H17FNO3/c25-20-12-6-7-13-22(20)29-24(28)23-19-11-5-4-8-17(19)14-15-26(23)16-21(27)18-9-2-1-3-10-18/h1-15H,16H2/q+1. The van der Waals surface area contributed by atoms with Crippen LogP contribution < -0.4 is 9.30 Å². The van der Waals surface area contributed by atoms with Crippen LogP contribution in [0.25, 0.3) is 10.8 Å². The van der Waals surface area contributed by atoms with Crippen LogP contribution in [-0.2, 0) is 6.54 Å². The Labute approximate surface area is 166 Å². The topological polar surface area (TPSA) is 47.2 Å². The molecule has 5 heteroatoms. The Morgan fingerprint density at radius 3 is 2.31 bits per heavy atom. The van der Waals surface area contributed by atoms with E-state index >= 15 is 0 Å². The first kappa shape index (κ1) is 18.5. The molecule has 0 saturated heterocycles. The lowest BCUT2D eigenvalue weighted by atomic mass is 10.1. The zero-order valence-electron chi connectivity index (χ0n) is 15.4. The minimum Gasteiger partial charge on any atom is -0.415 e. The highest BCUT2D eigenvalue weighted by molar-refractivity contribution is 6.02. The molecule has 0 fully saturated rings. The second-order valence-electron chi connectivity index (χ2n) is 6.49. The van der Waals surface area contributed by atoms with Gasteiger partial charge in [-0.2, -0.15) is 4.57 Å². The number of hydrogen-bond donors (Lipinski definition) is 0. The van der Waals surface area contributed by atoms with Crippen molar-refractivity contribution in [2.24, 2.45) is 0 Å². The average molecular weight is 386 g/mol. The highest BCUT2D eigenvalue weighted by Gasteiger charge is 2.28. The van der Waals surface area contributed by atoms with Crippen molar-refractivity contribution >= 4 is 22.5 Å². The number of nitrogens with zero attached hydrogens (tertiary/aromatic N) is 1. The summed E-state index contributed by atoms with van der Waals surface area (Å²) in [5.41, 5.74) is 0.734. The van der Waals surface area contributed by atoms with E-state index in [2.05, 4.69) is 0 Å². The number of hydrogen-bond acceptors (Lipinski definition) is 3. The van der Waals surface area contributed by atoms with Crippen molar-refractivity contribution in [3.63, 3.8) is 0 Å². The van der Waals surface area contributed by atoms with Crippen LogP contribution in [0.3, 0.4) is 0 Å². The van der Waals surface area contributed by atoms with Crippen LogP contribution in [0, 0.1) is 5.82 Å². The number of carbonyl (C=O) groups is 2. The number of ether oxygens (including phenoxy) is 1. The summed E-state index contributed by atoms with van der Waals surface area (Å²) in [7, 11) is 0. The lowest BCUT2D eigenvalue weighted by Gasteiger charge is -2.08. The molecule has 142 valence electrons. The van der Waals surface area contributed by atoms with Gasteiger partial charge in [0.1, 0.15) is 0 Å². The smallest absolute Gasteiger partial charge is 0.409 e. The molecule has 0 N–H and O–H groups in total. The summed E-state index contributed by atoms with van der Waals surface area (Å²) in [5, 5.41) is 1.44. The maximum atomic E-state index is 14.0. The van der Waals surface area contributed by atoms with Gasteiger partial charge in [-0.3, -0.25) is 4.79 Å². The minimum absolute atomic E-state index is 0.0451. The Balaban J connectivity index is 1.76. The van der Waals surface area contributed by atoms with E-state index in [0.29, 0.717) is 10.9 Å². The molecule has 4 aromatic rings. The predicted molar refractivity (Wildman–Crippen MR) is 106 cm³/mol. The van der Waals surface area contributed by atoms with Gasteiger partial charge < -0.3 is 4.74 Å². The Morgan fingerprint density at radius 1 is 0.828 bits per heavy atom. The number of benzene rings is 3. The highest BCUT2D eigenvalue weighted by Crippen LogP contribution is 2.20. The van der Waals surface area contributed by atoms with Crippen LogP contribution in [0.4, 0.5) is 4.39 Å². The molecule has 1 heterocycles. The molecule has 0 unspecified atom stereocenters. The van der Waals surface area contributed by atoms with Gasteiger partial charge in [0.05, 0.1) is 5.39 Å². The number of fused-ring (bicyclic) bond motifs is 1. The van der Waals surface area contributed by atoms with Gasteiger partial charge in [-0.15, -0.1) is 0 Å². The summed E-state index contributed by atoms with van der Waals surface area (Å²) in [4.78, 5) is 25.7. The molecule has 0 amide bonds. The highest BCUT2D eigenvalue weighted by atomic mass is 19.1. The molecular weight excluding hydrogens is 369 g/mol. The normalized spacial score (nSPS) is 10.7. The van der Waals surface area contributed by atoms with Crippen LogP contribution in [0.2, 0.25) is 0 Å². The third-order valence-corrected chi connectivity index (χ3v) is 4.58. The first-order valence-corrected chi connectivity index (χ1v) is 9.09. The van der Waals surface area contributed by atoms with E-state index < -0.39 is 11.8 Å². The van der Waals surface area contributed by atoms with Crippen LogP contribution >= 0.6 is 0 Å².